The van der Waals surface area contributed by atoms with Gasteiger partial charge in [-0.1, -0.05) is 31.2 Å². The van der Waals surface area contributed by atoms with Crippen LogP contribution in [0.15, 0.2) is 47.4 Å². The second-order valence-electron chi connectivity index (χ2n) is 7.79. The first-order valence-electron chi connectivity index (χ1n) is 10.1. The standard InChI is InChI=1S/C23H25N3O4/c1-15-11-19(16(2)12-17-5-3-4-6-18(17)23(28)29)22-24-20(13-21(27)26(22)14-15)25-7-9-30-10-8-25/h3-6,11,13-14,16H,7-10,12H2,1-2H3,(H,28,29)/t16-/m0/s1. The number of aryl methyl sites for hydroxylation is 1. The van der Waals surface area contributed by atoms with Crippen LogP contribution in [0.2, 0.25) is 0 Å². The summed E-state index contributed by atoms with van der Waals surface area (Å²) >= 11 is 0. The SMILES string of the molecule is Cc1cc([C@@H](C)Cc2ccccc2C(=O)O)c2nc(N3CCOCC3)cc(=O)n2c1. The molecule has 7 nitrogen and oxygen atoms in total. The predicted octanol–water partition coefficient (Wildman–Crippen LogP) is 2.88. The van der Waals surface area contributed by atoms with Crippen molar-refractivity contribution in [2.24, 2.45) is 0 Å². The molecular formula is C23H25N3O4. The number of carboxylic acids is 1. The lowest BCUT2D eigenvalue weighted by molar-refractivity contribution is 0.0695. The molecule has 0 aliphatic carbocycles. The van der Waals surface area contributed by atoms with Gasteiger partial charge in [0, 0.05) is 25.4 Å². The fourth-order valence-corrected chi connectivity index (χ4v) is 4.02. The van der Waals surface area contributed by atoms with Crippen LogP contribution in [0.4, 0.5) is 5.82 Å². The van der Waals surface area contributed by atoms with Crippen molar-refractivity contribution in [1.29, 1.82) is 0 Å². The number of benzene rings is 1. The summed E-state index contributed by atoms with van der Waals surface area (Å²) in [5, 5.41) is 9.51. The molecule has 1 aliphatic rings. The van der Waals surface area contributed by atoms with E-state index in [0.29, 0.717) is 49.8 Å². The number of anilines is 1. The minimum Gasteiger partial charge on any atom is -0.478 e. The zero-order valence-electron chi connectivity index (χ0n) is 17.2. The molecule has 3 heterocycles. The van der Waals surface area contributed by atoms with E-state index in [1.807, 2.05) is 32.0 Å². The third kappa shape index (κ3) is 3.93. The summed E-state index contributed by atoms with van der Waals surface area (Å²) in [5.41, 5.74) is 3.46. The number of carbonyl (C=O) groups is 1. The highest BCUT2D eigenvalue weighted by Crippen LogP contribution is 2.27. The maximum Gasteiger partial charge on any atom is 0.335 e. The fourth-order valence-electron chi connectivity index (χ4n) is 4.02. The van der Waals surface area contributed by atoms with Crippen LogP contribution in [0, 0.1) is 6.92 Å². The maximum atomic E-state index is 12.9. The molecule has 2 aromatic heterocycles. The average Bonchev–Trinajstić information content (AvgIpc) is 2.74. The number of morpholine rings is 1. The molecule has 3 aromatic rings. The summed E-state index contributed by atoms with van der Waals surface area (Å²) < 4.78 is 7.00. The molecule has 0 amide bonds. The van der Waals surface area contributed by atoms with E-state index in [4.69, 9.17) is 9.72 Å². The lowest BCUT2D eigenvalue weighted by Crippen LogP contribution is -2.37. The zero-order chi connectivity index (χ0) is 21.3. The monoisotopic (exact) mass is 407 g/mol. The minimum absolute atomic E-state index is 0.0211. The van der Waals surface area contributed by atoms with E-state index in [0.717, 1.165) is 16.7 Å². The molecule has 0 radical (unpaired) electrons. The second kappa shape index (κ2) is 8.28. The number of carboxylic acid groups (broad SMARTS) is 1. The molecule has 0 spiro atoms. The van der Waals surface area contributed by atoms with Crippen molar-refractivity contribution in [3.63, 3.8) is 0 Å². The number of rotatable bonds is 5. The highest BCUT2D eigenvalue weighted by molar-refractivity contribution is 5.89. The van der Waals surface area contributed by atoms with Gasteiger partial charge in [-0.2, -0.15) is 0 Å². The fraction of sp³-hybridized carbons (Fsp3) is 0.348. The molecule has 156 valence electrons. The smallest absolute Gasteiger partial charge is 0.335 e. The van der Waals surface area contributed by atoms with Crippen LogP contribution < -0.4 is 10.5 Å². The van der Waals surface area contributed by atoms with Crippen molar-refractivity contribution >= 4 is 17.4 Å². The first-order chi connectivity index (χ1) is 14.4. The van der Waals surface area contributed by atoms with Crippen LogP contribution in [0.5, 0.6) is 0 Å². The van der Waals surface area contributed by atoms with Gasteiger partial charge >= 0.3 is 5.97 Å². The Labute approximate surface area is 174 Å². The molecular weight excluding hydrogens is 382 g/mol. The second-order valence-corrected chi connectivity index (χ2v) is 7.79. The first-order valence-corrected chi connectivity index (χ1v) is 10.1. The molecule has 7 heteroatoms. The molecule has 0 bridgehead atoms. The van der Waals surface area contributed by atoms with Crippen molar-refractivity contribution in [1.82, 2.24) is 9.38 Å². The van der Waals surface area contributed by atoms with E-state index < -0.39 is 5.97 Å². The topological polar surface area (TPSA) is 84.1 Å². The zero-order valence-corrected chi connectivity index (χ0v) is 17.2. The Bertz CT molecular complexity index is 1150. The number of pyridine rings is 1. The predicted molar refractivity (Wildman–Crippen MR) is 115 cm³/mol. The van der Waals surface area contributed by atoms with Gasteiger partial charge in [0.1, 0.15) is 11.5 Å². The maximum absolute atomic E-state index is 12.9. The van der Waals surface area contributed by atoms with E-state index in [9.17, 15) is 14.7 Å². The summed E-state index contributed by atoms with van der Waals surface area (Å²) in [6.45, 7) is 6.62. The van der Waals surface area contributed by atoms with E-state index in [2.05, 4.69) is 4.90 Å². The summed E-state index contributed by atoms with van der Waals surface area (Å²) in [4.78, 5) is 31.4. The van der Waals surface area contributed by atoms with Crippen LogP contribution in [0.25, 0.3) is 5.65 Å². The summed E-state index contributed by atoms with van der Waals surface area (Å²) in [6.07, 6.45) is 2.34. The third-order valence-electron chi connectivity index (χ3n) is 5.55. The van der Waals surface area contributed by atoms with Crippen molar-refractivity contribution in [2.45, 2.75) is 26.2 Å². The van der Waals surface area contributed by atoms with Crippen molar-refractivity contribution < 1.29 is 14.6 Å². The highest BCUT2D eigenvalue weighted by atomic mass is 16.5. The van der Waals surface area contributed by atoms with Crippen LogP contribution in [0.1, 0.15) is 39.9 Å². The van der Waals surface area contributed by atoms with Crippen molar-refractivity contribution in [3.8, 4) is 0 Å². The number of nitrogens with zero attached hydrogens (tertiary/aromatic N) is 3. The highest BCUT2D eigenvalue weighted by Gasteiger charge is 2.19. The van der Waals surface area contributed by atoms with Crippen molar-refractivity contribution in [2.75, 3.05) is 31.2 Å². The van der Waals surface area contributed by atoms with Gasteiger partial charge in [-0.25, -0.2) is 9.78 Å². The Morgan fingerprint density at radius 3 is 2.70 bits per heavy atom. The average molecular weight is 407 g/mol. The Balaban J connectivity index is 1.78. The molecule has 0 saturated carbocycles. The molecule has 0 unspecified atom stereocenters. The van der Waals surface area contributed by atoms with Gasteiger partial charge in [0.15, 0.2) is 0 Å². The number of aromatic nitrogens is 2. The first kappa shape index (κ1) is 20.1. The summed E-state index contributed by atoms with van der Waals surface area (Å²) in [6, 6.07) is 10.7. The van der Waals surface area contributed by atoms with Crippen LogP contribution in [0.3, 0.4) is 0 Å². The molecule has 1 saturated heterocycles. The van der Waals surface area contributed by atoms with E-state index >= 15 is 0 Å². The molecule has 1 aromatic carbocycles. The van der Waals surface area contributed by atoms with Gasteiger partial charge in [0.25, 0.3) is 5.56 Å². The van der Waals surface area contributed by atoms with Crippen molar-refractivity contribution in [3.05, 3.63) is 75.2 Å². The van der Waals surface area contributed by atoms with Crippen LogP contribution in [-0.2, 0) is 11.2 Å². The van der Waals surface area contributed by atoms with Gasteiger partial charge in [-0.3, -0.25) is 9.20 Å². The van der Waals surface area contributed by atoms with E-state index in [-0.39, 0.29) is 11.5 Å². The Kier molecular flexibility index (Phi) is 5.55. The Morgan fingerprint density at radius 2 is 1.97 bits per heavy atom. The van der Waals surface area contributed by atoms with Gasteiger partial charge in [0.2, 0.25) is 0 Å². The number of ether oxygens (including phenoxy) is 1. The number of fused-ring (bicyclic) bond motifs is 1. The Hall–Kier alpha value is -3.19. The summed E-state index contributed by atoms with van der Waals surface area (Å²) in [5.74, 6) is -0.297. The normalized spacial score (nSPS) is 15.3. The van der Waals surface area contributed by atoms with E-state index in [1.54, 1.807) is 28.8 Å². The van der Waals surface area contributed by atoms with E-state index in [1.165, 1.54) is 0 Å². The van der Waals surface area contributed by atoms with Gasteiger partial charge in [0.05, 0.1) is 18.8 Å². The largest absolute Gasteiger partial charge is 0.478 e. The lowest BCUT2D eigenvalue weighted by Gasteiger charge is -2.28. The third-order valence-corrected chi connectivity index (χ3v) is 5.55. The lowest BCUT2D eigenvalue weighted by atomic mass is 9.91. The molecule has 30 heavy (non-hydrogen) atoms. The molecule has 4 rings (SSSR count). The molecule has 1 aliphatic heterocycles. The van der Waals surface area contributed by atoms with Crippen LogP contribution >= 0.6 is 0 Å². The molecule has 1 fully saturated rings. The number of aromatic carboxylic acids is 1. The Morgan fingerprint density at radius 1 is 1.23 bits per heavy atom. The van der Waals surface area contributed by atoms with Crippen LogP contribution in [-0.4, -0.2) is 46.8 Å². The molecule has 1 atom stereocenters. The van der Waals surface area contributed by atoms with Gasteiger partial charge < -0.3 is 14.7 Å². The number of hydrogen-bond acceptors (Lipinski definition) is 5. The quantitative estimate of drug-likeness (QED) is 0.700. The minimum atomic E-state index is -0.934. The summed E-state index contributed by atoms with van der Waals surface area (Å²) in [7, 11) is 0. The van der Waals surface area contributed by atoms with Gasteiger partial charge in [-0.15, -0.1) is 0 Å². The van der Waals surface area contributed by atoms with Gasteiger partial charge in [-0.05, 0) is 42.0 Å². The molecule has 1 N–H and O–H groups in total. The number of hydrogen-bond donors (Lipinski definition) is 1.